The van der Waals surface area contributed by atoms with Gasteiger partial charge in [-0.15, -0.1) is 0 Å². The van der Waals surface area contributed by atoms with Crippen molar-refractivity contribution in [3.05, 3.63) is 243 Å². The Morgan fingerprint density at radius 3 is 1.16 bits per heavy atom. The zero-order chi connectivity index (χ0) is 41.0. The molecule has 0 spiro atoms. The molecular weight excluding hydrogens is 749 g/mol. The molecule has 2 heteroatoms. The monoisotopic (exact) mass is 788 g/mol. The molecule has 0 saturated carbocycles. The number of hydrogen-bond acceptors (Lipinski definition) is 0. The van der Waals surface area contributed by atoms with Crippen LogP contribution in [-0.4, -0.2) is 9.13 Å². The minimum atomic E-state index is 1.14. The summed E-state index contributed by atoms with van der Waals surface area (Å²) in [6.45, 7) is 0. The second-order valence-electron chi connectivity index (χ2n) is 16.1. The number of aromatic nitrogens is 2. The van der Waals surface area contributed by atoms with Crippen LogP contribution in [0.3, 0.4) is 0 Å². The SMILES string of the molecule is c1ccc(-c2ccc(-n3c4ccccc4c4cc(-c5cccc6c5c5ccccc5n6-c5ccc(-c6cc(-c7ccccc7)cc(-c7ccccc7)c6)cc5)ccc43)cc2)cc1. The molecule has 0 atom stereocenters. The molecule has 12 aromatic rings. The van der Waals surface area contributed by atoms with Gasteiger partial charge in [0.25, 0.3) is 0 Å². The summed E-state index contributed by atoms with van der Waals surface area (Å²) in [5, 5.41) is 4.99. The topological polar surface area (TPSA) is 9.86 Å². The summed E-state index contributed by atoms with van der Waals surface area (Å²) in [7, 11) is 0. The summed E-state index contributed by atoms with van der Waals surface area (Å²) < 4.78 is 4.83. The molecule has 2 aromatic heterocycles. The highest BCUT2D eigenvalue weighted by Crippen LogP contribution is 2.42. The fraction of sp³-hybridized carbons (Fsp3) is 0. The fourth-order valence-electron chi connectivity index (χ4n) is 9.58. The third-order valence-corrected chi connectivity index (χ3v) is 12.5. The Morgan fingerprint density at radius 1 is 0.210 bits per heavy atom. The van der Waals surface area contributed by atoms with Crippen molar-refractivity contribution in [1.29, 1.82) is 0 Å². The van der Waals surface area contributed by atoms with Crippen LogP contribution in [0.15, 0.2) is 243 Å². The third-order valence-electron chi connectivity index (χ3n) is 12.5. The molecule has 2 heterocycles. The van der Waals surface area contributed by atoms with E-state index in [-0.39, 0.29) is 0 Å². The van der Waals surface area contributed by atoms with Crippen molar-refractivity contribution in [2.75, 3.05) is 0 Å². The standard InChI is InChI=1S/C60H40N2/c1-4-15-41(16-5-1)44-27-32-50(33-28-44)61-56-24-12-10-21-53(56)55-40-46(31-36-58(55)61)52-23-14-26-59-60(52)54-22-11-13-25-57(54)62(59)51-34-29-45(30-35-51)49-38-47(42-17-6-2-7-18-42)37-48(39-49)43-19-8-3-9-20-43/h1-40H. The second-order valence-corrected chi connectivity index (χ2v) is 16.1. The van der Waals surface area contributed by atoms with E-state index in [1.165, 1.54) is 99.2 Å². The van der Waals surface area contributed by atoms with E-state index in [1.54, 1.807) is 0 Å². The Morgan fingerprint density at radius 2 is 0.597 bits per heavy atom. The number of hydrogen-bond donors (Lipinski definition) is 0. The van der Waals surface area contributed by atoms with Crippen LogP contribution in [0, 0.1) is 0 Å². The highest BCUT2D eigenvalue weighted by molar-refractivity contribution is 6.17. The van der Waals surface area contributed by atoms with E-state index in [0.29, 0.717) is 0 Å². The van der Waals surface area contributed by atoms with Crippen LogP contribution in [0.1, 0.15) is 0 Å². The molecule has 0 unspecified atom stereocenters. The lowest BCUT2D eigenvalue weighted by Crippen LogP contribution is -1.94. The molecule has 0 aliphatic heterocycles. The minimum absolute atomic E-state index is 1.14. The second kappa shape index (κ2) is 14.8. The first-order valence-corrected chi connectivity index (χ1v) is 21.3. The highest BCUT2D eigenvalue weighted by Gasteiger charge is 2.19. The Bertz CT molecular complexity index is 3520. The van der Waals surface area contributed by atoms with Crippen LogP contribution < -0.4 is 0 Å². The van der Waals surface area contributed by atoms with Crippen molar-refractivity contribution in [3.63, 3.8) is 0 Å². The van der Waals surface area contributed by atoms with Crippen LogP contribution in [0.4, 0.5) is 0 Å². The summed E-state index contributed by atoms with van der Waals surface area (Å²) in [5.74, 6) is 0. The van der Waals surface area contributed by atoms with E-state index in [4.69, 9.17) is 0 Å². The lowest BCUT2D eigenvalue weighted by Gasteiger charge is -2.13. The van der Waals surface area contributed by atoms with Crippen LogP contribution in [-0.2, 0) is 0 Å². The molecule has 0 saturated heterocycles. The van der Waals surface area contributed by atoms with Gasteiger partial charge in [0, 0.05) is 32.9 Å². The van der Waals surface area contributed by atoms with E-state index in [9.17, 15) is 0 Å². The molecule has 0 fully saturated rings. The van der Waals surface area contributed by atoms with Crippen LogP contribution >= 0.6 is 0 Å². The molecule has 0 radical (unpaired) electrons. The van der Waals surface area contributed by atoms with Gasteiger partial charge < -0.3 is 9.13 Å². The zero-order valence-electron chi connectivity index (χ0n) is 34.0. The van der Waals surface area contributed by atoms with Gasteiger partial charge in [-0.2, -0.15) is 0 Å². The van der Waals surface area contributed by atoms with Crippen molar-refractivity contribution in [1.82, 2.24) is 9.13 Å². The van der Waals surface area contributed by atoms with E-state index in [0.717, 1.165) is 11.4 Å². The first-order chi connectivity index (χ1) is 30.7. The molecule has 2 nitrogen and oxygen atoms in total. The maximum absolute atomic E-state index is 2.43. The summed E-state index contributed by atoms with van der Waals surface area (Å²) in [6, 6.07) is 88.3. The van der Waals surface area contributed by atoms with E-state index in [2.05, 4.69) is 252 Å². The molecule has 12 rings (SSSR count). The van der Waals surface area contributed by atoms with Gasteiger partial charge in [0.05, 0.1) is 22.1 Å². The van der Waals surface area contributed by atoms with E-state index >= 15 is 0 Å². The first kappa shape index (κ1) is 35.7. The summed E-state index contributed by atoms with van der Waals surface area (Å²) in [5.41, 5.74) is 19.2. The quantitative estimate of drug-likeness (QED) is 0.152. The van der Waals surface area contributed by atoms with Gasteiger partial charge >= 0.3 is 0 Å². The molecule has 10 aromatic carbocycles. The highest BCUT2D eigenvalue weighted by atomic mass is 15.0. The van der Waals surface area contributed by atoms with Gasteiger partial charge in [-0.25, -0.2) is 0 Å². The molecule has 0 N–H and O–H groups in total. The van der Waals surface area contributed by atoms with Gasteiger partial charge in [-0.1, -0.05) is 170 Å². The number of rotatable bonds is 7. The van der Waals surface area contributed by atoms with Crippen molar-refractivity contribution in [3.8, 4) is 67.0 Å². The summed E-state index contributed by atoms with van der Waals surface area (Å²) in [4.78, 5) is 0. The Kier molecular flexibility index (Phi) is 8.53. The number of para-hydroxylation sites is 2. The fourth-order valence-corrected chi connectivity index (χ4v) is 9.58. The Hall–Kier alpha value is -8.20. The number of nitrogens with zero attached hydrogens (tertiary/aromatic N) is 2. The van der Waals surface area contributed by atoms with Crippen molar-refractivity contribution >= 4 is 43.6 Å². The van der Waals surface area contributed by atoms with Gasteiger partial charge in [0.1, 0.15) is 0 Å². The predicted molar refractivity (Wildman–Crippen MR) is 262 cm³/mol. The van der Waals surface area contributed by atoms with Crippen molar-refractivity contribution in [2.45, 2.75) is 0 Å². The molecule has 0 aliphatic carbocycles. The maximum Gasteiger partial charge on any atom is 0.0547 e. The largest absolute Gasteiger partial charge is 0.309 e. The van der Waals surface area contributed by atoms with Crippen molar-refractivity contribution < 1.29 is 0 Å². The van der Waals surface area contributed by atoms with Gasteiger partial charge in [0.2, 0.25) is 0 Å². The number of fused-ring (bicyclic) bond motifs is 6. The molecule has 290 valence electrons. The van der Waals surface area contributed by atoms with Crippen LogP contribution in [0.25, 0.3) is 111 Å². The average molecular weight is 789 g/mol. The first-order valence-electron chi connectivity index (χ1n) is 21.3. The molecule has 0 amide bonds. The van der Waals surface area contributed by atoms with Gasteiger partial charge in [-0.05, 0) is 128 Å². The lowest BCUT2D eigenvalue weighted by molar-refractivity contribution is 1.18. The molecule has 62 heavy (non-hydrogen) atoms. The zero-order valence-corrected chi connectivity index (χ0v) is 34.0. The summed E-state index contributed by atoms with van der Waals surface area (Å²) in [6.07, 6.45) is 0. The Labute approximate surface area is 360 Å². The molecule has 0 aliphatic rings. The Balaban J connectivity index is 0.964. The third kappa shape index (κ3) is 6.04. The summed E-state index contributed by atoms with van der Waals surface area (Å²) >= 11 is 0. The smallest absolute Gasteiger partial charge is 0.0547 e. The van der Waals surface area contributed by atoms with Crippen LogP contribution in [0.5, 0.6) is 0 Å². The predicted octanol–water partition coefficient (Wildman–Crippen LogP) is 16.2. The van der Waals surface area contributed by atoms with E-state index in [1.807, 2.05) is 0 Å². The van der Waals surface area contributed by atoms with E-state index < -0.39 is 0 Å². The van der Waals surface area contributed by atoms with Crippen molar-refractivity contribution in [2.24, 2.45) is 0 Å². The number of benzene rings is 10. The normalized spacial score (nSPS) is 11.5. The molecular formula is C60H40N2. The van der Waals surface area contributed by atoms with Gasteiger partial charge in [-0.3, -0.25) is 0 Å². The van der Waals surface area contributed by atoms with Gasteiger partial charge in [0.15, 0.2) is 0 Å². The molecule has 0 bridgehead atoms. The minimum Gasteiger partial charge on any atom is -0.309 e. The lowest BCUT2D eigenvalue weighted by atomic mass is 9.93. The van der Waals surface area contributed by atoms with Crippen LogP contribution in [0.2, 0.25) is 0 Å². The average Bonchev–Trinajstić information content (AvgIpc) is 3.87. The maximum atomic E-state index is 2.43.